The van der Waals surface area contributed by atoms with Crippen molar-refractivity contribution in [1.29, 1.82) is 5.26 Å². The first-order chi connectivity index (χ1) is 11.8. The van der Waals surface area contributed by atoms with Gasteiger partial charge < -0.3 is 9.47 Å². The normalized spacial score (nSPS) is 20.4. The number of rotatable bonds is 6. The van der Waals surface area contributed by atoms with E-state index in [9.17, 15) is 8.42 Å². The fraction of sp³-hybridized carbons (Fsp3) is 0.533. The third-order valence-corrected chi connectivity index (χ3v) is 5.87. The van der Waals surface area contributed by atoms with Gasteiger partial charge in [0.15, 0.2) is 0 Å². The third kappa shape index (κ3) is 3.30. The Morgan fingerprint density at radius 1 is 1.36 bits per heavy atom. The van der Waals surface area contributed by atoms with E-state index in [1.165, 1.54) is 13.4 Å². The third-order valence-electron chi connectivity index (χ3n) is 4.85. The van der Waals surface area contributed by atoms with E-state index in [2.05, 4.69) is 16.0 Å². The zero-order valence-corrected chi connectivity index (χ0v) is 14.9. The second-order valence-corrected chi connectivity index (χ2v) is 7.71. The van der Waals surface area contributed by atoms with E-state index >= 15 is 0 Å². The first-order valence-electron chi connectivity index (χ1n) is 7.93. The molecule has 9 nitrogen and oxygen atoms in total. The molecule has 0 amide bonds. The van der Waals surface area contributed by atoms with Crippen molar-refractivity contribution in [2.45, 2.75) is 37.9 Å². The van der Waals surface area contributed by atoms with Gasteiger partial charge in [0.25, 0.3) is 0 Å². The Balaban J connectivity index is 1.77. The topological polar surface area (TPSA) is 115 Å². The number of nitriles is 1. The van der Waals surface area contributed by atoms with E-state index in [0.29, 0.717) is 25.8 Å². The molecule has 0 saturated heterocycles. The van der Waals surface area contributed by atoms with Crippen molar-refractivity contribution >= 4 is 27.2 Å². The van der Waals surface area contributed by atoms with Crippen LogP contribution in [0.4, 0.5) is 5.82 Å². The van der Waals surface area contributed by atoms with Crippen LogP contribution in [0.25, 0.3) is 11.0 Å². The van der Waals surface area contributed by atoms with Crippen LogP contribution in [0, 0.1) is 11.3 Å². The number of aryl methyl sites for hydroxylation is 1. The number of aromatic nitrogens is 3. The summed E-state index contributed by atoms with van der Waals surface area (Å²) in [6.07, 6.45) is 5.04. The summed E-state index contributed by atoms with van der Waals surface area (Å²) in [6, 6.07) is 3.98. The van der Waals surface area contributed by atoms with E-state index < -0.39 is 10.3 Å². The van der Waals surface area contributed by atoms with Crippen LogP contribution in [0.2, 0.25) is 0 Å². The molecule has 1 aliphatic rings. The molecule has 2 heterocycles. The van der Waals surface area contributed by atoms with Crippen molar-refractivity contribution in [3.8, 4) is 6.07 Å². The van der Waals surface area contributed by atoms with Crippen LogP contribution in [-0.2, 0) is 16.8 Å². The number of anilines is 1. The average Bonchev–Trinajstić information content (AvgIpc) is 2.93. The lowest BCUT2D eigenvalue weighted by atomic mass is 9.86. The van der Waals surface area contributed by atoms with Gasteiger partial charge in [0.05, 0.1) is 17.9 Å². The zero-order chi connectivity index (χ0) is 18.2. The van der Waals surface area contributed by atoms with Crippen LogP contribution >= 0.6 is 0 Å². The first kappa shape index (κ1) is 17.6. The summed E-state index contributed by atoms with van der Waals surface area (Å²) in [5, 5.41) is 9.65. The summed E-state index contributed by atoms with van der Waals surface area (Å²) in [7, 11) is -0.855. The monoisotopic (exact) mass is 364 g/mol. The van der Waals surface area contributed by atoms with Gasteiger partial charge in [-0.15, -0.1) is 0 Å². The molecule has 0 radical (unpaired) electrons. The summed E-state index contributed by atoms with van der Waals surface area (Å²) in [5.41, 5.74) is 0.776. The maximum absolute atomic E-state index is 11.2. The fourth-order valence-corrected chi connectivity index (χ4v) is 3.70. The molecule has 2 aromatic rings. The largest absolute Gasteiger partial charge is 0.356 e. The van der Waals surface area contributed by atoms with Crippen molar-refractivity contribution < 1.29 is 13.0 Å². The van der Waals surface area contributed by atoms with Crippen LogP contribution in [0.1, 0.15) is 19.3 Å². The minimum absolute atomic E-state index is 0.134. The molecule has 0 bridgehead atoms. The molecule has 0 aliphatic heterocycles. The summed E-state index contributed by atoms with van der Waals surface area (Å²) >= 11 is 0. The van der Waals surface area contributed by atoms with Gasteiger partial charge in [-0.05, 0) is 18.9 Å². The molecular weight excluding hydrogens is 344 g/mol. The second-order valence-electron chi connectivity index (χ2n) is 6.24. The summed E-state index contributed by atoms with van der Waals surface area (Å²) in [5.74, 6) is 0.777. The molecular formula is C15H20N6O3S. The highest BCUT2D eigenvalue weighted by atomic mass is 32.2. The van der Waals surface area contributed by atoms with E-state index in [1.807, 2.05) is 28.8 Å². The molecule has 25 heavy (non-hydrogen) atoms. The minimum atomic E-state index is -4.16. The highest BCUT2D eigenvalue weighted by Gasteiger charge is 2.39. The predicted molar refractivity (Wildman–Crippen MR) is 92.3 cm³/mol. The number of hydrogen-bond acceptors (Lipinski definition) is 6. The molecule has 1 N–H and O–H groups in total. The number of hydrogen-bond donors (Lipinski definition) is 1. The Kier molecular flexibility index (Phi) is 4.64. The maximum atomic E-state index is 11.2. The predicted octanol–water partition coefficient (Wildman–Crippen LogP) is 1.05. The molecule has 134 valence electrons. The van der Waals surface area contributed by atoms with Crippen molar-refractivity contribution in [3.63, 3.8) is 0 Å². The van der Waals surface area contributed by atoms with Gasteiger partial charge in [-0.1, -0.05) is 0 Å². The summed E-state index contributed by atoms with van der Waals surface area (Å²) in [6.45, 7) is 0.574. The van der Waals surface area contributed by atoms with Crippen LogP contribution in [0.5, 0.6) is 0 Å². The molecule has 1 saturated carbocycles. The number of fused-ring (bicyclic) bond motifs is 1. The average molecular weight is 364 g/mol. The fourth-order valence-electron chi connectivity index (χ4n) is 3.16. The van der Waals surface area contributed by atoms with Crippen LogP contribution < -0.4 is 4.90 Å². The standard InChI is InChI=1S/C15H20N6O3S/c1-19(11-8-12(9-11)20(2)25(22,23)24)14-13-4-7-21(6-3-5-16)15(13)18-10-17-14/h4,7,10-12H,3,6,8-9H2,1-2H3,(H,22,23,24)/t11-,12+. The highest BCUT2D eigenvalue weighted by molar-refractivity contribution is 7.83. The molecule has 0 unspecified atom stereocenters. The van der Waals surface area contributed by atoms with Gasteiger partial charge in [-0.25, -0.2) is 9.97 Å². The van der Waals surface area contributed by atoms with Gasteiger partial charge in [0, 0.05) is 38.9 Å². The minimum Gasteiger partial charge on any atom is -0.356 e. The van der Waals surface area contributed by atoms with Gasteiger partial charge in [-0.3, -0.25) is 4.55 Å². The Hall–Kier alpha value is -2.22. The van der Waals surface area contributed by atoms with Gasteiger partial charge >= 0.3 is 10.3 Å². The van der Waals surface area contributed by atoms with E-state index in [4.69, 9.17) is 9.81 Å². The van der Waals surface area contributed by atoms with Gasteiger partial charge in [0.1, 0.15) is 17.8 Å². The molecule has 2 aromatic heterocycles. The summed E-state index contributed by atoms with van der Waals surface area (Å²) < 4.78 is 34.4. The van der Waals surface area contributed by atoms with Gasteiger partial charge in [-0.2, -0.15) is 18.0 Å². The van der Waals surface area contributed by atoms with Crippen molar-refractivity contribution in [2.24, 2.45) is 0 Å². The Morgan fingerprint density at radius 3 is 2.72 bits per heavy atom. The smallest absolute Gasteiger partial charge is 0.335 e. The van der Waals surface area contributed by atoms with Crippen LogP contribution in [0.3, 0.4) is 0 Å². The zero-order valence-electron chi connectivity index (χ0n) is 14.1. The lowest BCUT2D eigenvalue weighted by Gasteiger charge is -2.44. The first-order valence-corrected chi connectivity index (χ1v) is 9.32. The van der Waals surface area contributed by atoms with E-state index in [-0.39, 0.29) is 12.1 Å². The van der Waals surface area contributed by atoms with Crippen molar-refractivity contribution in [1.82, 2.24) is 18.8 Å². The molecule has 1 fully saturated rings. The second kappa shape index (κ2) is 6.59. The van der Waals surface area contributed by atoms with Gasteiger partial charge in [0.2, 0.25) is 0 Å². The Bertz CT molecular complexity index is 913. The summed E-state index contributed by atoms with van der Waals surface area (Å²) in [4.78, 5) is 10.7. The molecule has 0 aromatic carbocycles. The quantitative estimate of drug-likeness (QED) is 0.762. The lowest BCUT2D eigenvalue weighted by molar-refractivity contribution is 0.199. The van der Waals surface area contributed by atoms with Crippen molar-refractivity contribution in [3.05, 3.63) is 18.6 Å². The Labute approximate surface area is 146 Å². The molecule has 3 rings (SSSR count). The molecule has 0 spiro atoms. The lowest BCUT2D eigenvalue weighted by Crippen LogP contribution is -2.53. The van der Waals surface area contributed by atoms with Crippen LogP contribution in [0.15, 0.2) is 18.6 Å². The maximum Gasteiger partial charge on any atom is 0.335 e. The SMILES string of the molecule is CN(c1ncnc2c1ccn2CCC#N)[C@H]1C[C@@H](N(C)S(=O)(=O)O)C1. The highest BCUT2D eigenvalue weighted by Crippen LogP contribution is 2.34. The van der Waals surface area contributed by atoms with Crippen LogP contribution in [-0.4, -0.2) is 58.0 Å². The Morgan fingerprint density at radius 2 is 2.08 bits per heavy atom. The molecule has 0 atom stereocenters. The molecule has 1 aliphatic carbocycles. The molecule has 10 heteroatoms. The van der Waals surface area contributed by atoms with E-state index in [1.54, 1.807) is 0 Å². The number of nitrogens with zero attached hydrogens (tertiary/aromatic N) is 6. The van der Waals surface area contributed by atoms with E-state index in [0.717, 1.165) is 21.2 Å². The van der Waals surface area contributed by atoms with Crippen molar-refractivity contribution in [2.75, 3.05) is 19.0 Å².